The van der Waals surface area contributed by atoms with Crippen LogP contribution in [0.25, 0.3) is 0 Å². The molecule has 0 aromatic carbocycles. The summed E-state index contributed by atoms with van der Waals surface area (Å²) in [7, 11) is 0. The number of ether oxygens (including phenoxy) is 1. The Balaban J connectivity index is 1.84. The molecule has 0 spiro atoms. The number of aromatic nitrogens is 1. The lowest BCUT2D eigenvalue weighted by molar-refractivity contribution is 0.0929. The Kier molecular flexibility index (Phi) is 4.16. The summed E-state index contributed by atoms with van der Waals surface area (Å²) < 4.78 is 10.7. The molecule has 0 aliphatic rings. The minimum absolute atomic E-state index is 0.492. The standard InChI is InChI=1S/C13H16N2O2/c1-2-14-13-8-11(5-6-15-13)9-16-10-12-4-3-7-17-12/h3-8H,2,9-10H2,1H3,(H,14,15). The highest BCUT2D eigenvalue weighted by molar-refractivity contribution is 5.36. The van der Waals surface area contributed by atoms with Gasteiger partial charge in [-0.3, -0.25) is 0 Å². The molecule has 0 saturated carbocycles. The molecule has 0 unspecified atom stereocenters. The molecule has 4 heteroatoms. The molecule has 2 aromatic rings. The van der Waals surface area contributed by atoms with Gasteiger partial charge in [0.25, 0.3) is 0 Å². The van der Waals surface area contributed by atoms with E-state index in [1.54, 1.807) is 12.5 Å². The molecule has 0 fully saturated rings. The van der Waals surface area contributed by atoms with Crippen LogP contribution in [-0.4, -0.2) is 11.5 Å². The molecule has 2 heterocycles. The Morgan fingerprint density at radius 3 is 3.06 bits per heavy atom. The van der Waals surface area contributed by atoms with Crippen molar-refractivity contribution in [2.24, 2.45) is 0 Å². The predicted octanol–water partition coefficient (Wildman–Crippen LogP) is 2.82. The fourth-order valence-corrected chi connectivity index (χ4v) is 1.51. The lowest BCUT2D eigenvalue weighted by atomic mass is 10.3. The van der Waals surface area contributed by atoms with Gasteiger partial charge in [-0.2, -0.15) is 0 Å². The Morgan fingerprint density at radius 1 is 1.35 bits per heavy atom. The molecule has 0 amide bonds. The molecule has 0 aliphatic carbocycles. The summed E-state index contributed by atoms with van der Waals surface area (Å²) in [6, 6.07) is 7.69. The maximum absolute atomic E-state index is 5.55. The third-order valence-electron chi connectivity index (χ3n) is 2.28. The normalized spacial score (nSPS) is 10.4. The summed E-state index contributed by atoms with van der Waals surface area (Å²) in [5, 5.41) is 3.17. The van der Waals surface area contributed by atoms with Crippen molar-refractivity contribution >= 4 is 5.82 Å². The summed E-state index contributed by atoms with van der Waals surface area (Å²) in [6.07, 6.45) is 3.43. The highest BCUT2D eigenvalue weighted by atomic mass is 16.5. The van der Waals surface area contributed by atoms with Crippen molar-refractivity contribution in [2.45, 2.75) is 20.1 Å². The Bertz CT molecular complexity index is 440. The van der Waals surface area contributed by atoms with Gasteiger partial charge in [0.15, 0.2) is 0 Å². The summed E-state index contributed by atoms with van der Waals surface area (Å²) in [6.45, 7) is 3.96. The highest BCUT2D eigenvalue weighted by Gasteiger charge is 1.99. The molecule has 0 bridgehead atoms. The number of pyridine rings is 1. The van der Waals surface area contributed by atoms with Crippen LogP contribution in [0, 0.1) is 0 Å². The average molecular weight is 232 g/mol. The van der Waals surface area contributed by atoms with E-state index in [0.717, 1.165) is 23.7 Å². The van der Waals surface area contributed by atoms with Gasteiger partial charge in [0.05, 0.1) is 12.9 Å². The van der Waals surface area contributed by atoms with Crippen molar-refractivity contribution in [1.29, 1.82) is 0 Å². The second-order valence-corrected chi connectivity index (χ2v) is 3.65. The molecular weight excluding hydrogens is 216 g/mol. The monoisotopic (exact) mass is 232 g/mol. The van der Waals surface area contributed by atoms with E-state index < -0.39 is 0 Å². The third kappa shape index (κ3) is 3.60. The summed E-state index contributed by atoms with van der Waals surface area (Å²) in [5.41, 5.74) is 1.10. The first kappa shape index (κ1) is 11.7. The second kappa shape index (κ2) is 6.06. The van der Waals surface area contributed by atoms with Crippen molar-refractivity contribution in [3.8, 4) is 0 Å². The van der Waals surface area contributed by atoms with Crippen LogP contribution >= 0.6 is 0 Å². The smallest absolute Gasteiger partial charge is 0.129 e. The van der Waals surface area contributed by atoms with Crippen molar-refractivity contribution in [2.75, 3.05) is 11.9 Å². The number of anilines is 1. The van der Waals surface area contributed by atoms with Gasteiger partial charge < -0.3 is 14.5 Å². The van der Waals surface area contributed by atoms with Crippen molar-refractivity contribution in [3.05, 3.63) is 48.0 Å². The summed E-state index contributed by atoms with van der Waals surface area (Å²) in [4.78, 5) is 4.20. The predicted molar refractivity (Wildman–Crippen MR) is 65.6 cm³/mol. The lowest BCUT2D eigenvalue weighted by Crippen LogP contribution is -2.00. The Hall–Kier alpha value is -1.81. The molecule has 0 atom stereocenters. The lowest BCUT2D eigenvalue weighted by Gasteiger charge is -2.05. The van der Waals surface area contributed by atoms with E-state index in [4.69, 9.17) is 9.15 Å². The fourth-order valence-electron chi connectivity index (χ4n) is 1.51. The van der Waals surface area contributed by atoms with Crippen LogP contribution in [-0.2, 0) is 18.0 Å². The van der Waals surface area contributed by atoms with Crippen LogP contribution in [0.2, 0.25) is 0 Å². The number of hydrogen-bond acceptors (Lipinski definition) is 4. The topological polar surface area (TPSA) is 47.3 Å². The van der Waals surface area contributed by atoms with Gasteiger partial charge >= 0.3 is 0 Å². The molecule has 1 N–H and O–H groups in total. The van der Waals surface area contributed by atoms with Crippen LogP contribution in [0.4, 0.5) is 5.82 Å². The molecule has 0 radical (unpaired) electrons. The first-order chi connectivity index (χ1) is 8.38. The van der Waals surface area contributed by atoms with E-state index in [2.05, 4.69) is 10.3 Å². The molecule has 90 valence electrons. The van der Waals surface area contributed by atoms with Gasteiger partial charge in [-0.1, -0.05) is 0 Å². The average Bonchev–Trinajstić information content (AvgIpc) is 2.83. The number of furan rings is 1. The number of nitrogens with zero attached hydrogens (tertiary/aromatic N) is 1. The van der Waals surface area contributed by atoms with E-state index in [0.29, 0.717) is 13.2 Å². The zero-order valence-corrected chi connectivity index (χ0v) is 9.85. The van der Waals surface area contributed by atoms with Crippen molar-refractivity contribution in [1.82, 2.24) is 4.98 Å². The van der Waals surface area contributed by atoms with Crippen LogP contribution in [0.3, 0.4) is 0 Å². The zero-order valence-electron chi connectivity index (χ0n) is 9.85. The zero-order chi connectivity index (χ0) is 11.9. The van der Waals surface area contributed by atoms with E-state index in [1.807, 2.05) is 31.2 Å². The van der Waals surface area contributed by atoms with Gasteiger partial charge in [0, 0.05) is 12.7 Å². The molecule has 0 aliphatic heterocycles. The Labute approximate surface area is 101 Å². The van der Waals surface area contributed by atoms with Gasteiger partial charge in [-0.05, 0) is 36.8 Å². The maximum Gasteiger partial charge on any atom is 0.129 e. The van der Waals surface area contributed by atoms with Crippen LogP contribution in [0.15, 0.2) is 41.1 Å². The van der Waals surface area contributed by atoms with E-state index in [9.17, 15) is 0 Å². The number of rotatable bonds is 6. The molecule has 4 nitrogen and oxygen atoms in total. The molecule has 2 rings (SSSR count). The first-order valence-corrected chi connectivity index (χ1v) is 5.67. The Morgan fingerprint density at radius 2 is 2.29 bits per heavy atom. The van der Waals surface area contributed by atoms with Crippen molar-refractivity contribution < 1.29 is 9.15 Å². The number of hydrogen-bond donors (Lipinski definition) is 1. The van der Waals surface area contributed by atoms with Gasteiger partial charge in [0.1, 0.15) is 18.2 Å². The fraction of sp³-hybridized carbons (Fsp3) is 0.308. The van der Waals surface area contributed by atoms with Gasteiger partial charge in [-0.15, -0.1) is 0 Å². The maximum atomic E-state index is 5.55. The first-order valence-electron chi connectivity index (χ1n) is 5.67. The van der Waals surface area contributed by atoms with E-state index in [-0.39, 0.29) is 0 Å². The van der Waals surface area contributed by atoms with Crippen LogP contribution in [0.1, 0.15) is 18.2 Å². The summed E-state index contributed by atoms with van der Waals surface area (Å²) >= 11 is 0. The minimum Gasteiger partial charge on any atom is -0.467 e. The minimum atomic E-state index is 0.492. The number of nitrogens with one attached hydrogen (secondary N) is 1. The van der Waals surface area contributed by atoms with Gasteiger partial charge in [0.2, 0.25) is 0 Å². The molecule has 17 heavy (non-hydrogen) atoms. The molecule has 0 saturated heterocycles. The second-order valence-electron chi connectivity index (χ2n) is 3.65. The summed E-state index contributed by atoms with van der Waals surface area (Å²) in [5.74, 6) is 1.72. The third-order valence-corrected chi connectivity index (χ3v) is 2.28. The molecular formula is C13H16N2O2. The molecule has 2 aromatic heterocycles. The largest absolute Gasteiger partial charge is 0.467 e. The quantitative estimate of drug-likeness (QED) is 0.832. The SMILES string of the molecule is CCNc1cc(COCc2ccco2)ccn1. The highest BCUT2D eigenvalue weighted by Crippen LogP contribution is 2.09. The van der Waals surface area contributed by atoms with Gasteiger partial charge in [-0.25, -0.2) is 4.98 Å². The van der Waals surface area contributed by atoms with Crippen LogP contribution < -0.4 is 5.32 Å². The van der Waals surface area contributed by atoms with Crippen LogP contribution in [0.5, 0.6) is 0 Å². The van der Waals surface area contributed by atoms with E-state index in [1.165, 1.54) is 0 Å². The van der Waals surface area contributed by atoms with E-state index >= 15 is 0 Å². The van der Waals surface area contributed by atoms with Crippen molar-refractivity contribution in [3.63, 3.8) is 0 Å².